The summed E-state index contributed by atoms with van der Waals surface area (Å²) in [5.74, 6) is 0.286. The second-order valence-electron chi connectivity index (χ2n) is 8.33. The van der Waals surface area contributed by atoms with Crippen molar-refractivity contribution < 1.29 is 28.1 Å². The van der Waals surface area contributed by atoms with Crippen LogP contribution in [0.2, 0.25) is 0 Å². The van der Waals surface area contributed by atoms with E-state index in [1.165, 1.54) is 0 Å². The molecule has 0 aliphatic heterocycles. The zero-order valence-electron chi connectivity index (χ0n) is 21.5. The van der Waals surface area contributed by atoms with E-state index in [9.17, 15) is 9.36 Å². The smallest absolute Gasteiger partial charge is 0.342 e. The fraction of sp³-hybridized carbons (Fsp3) is 0.500. The maximum atomic E-state index is 13.7. The highest BCUT2D eigenvalue weighted by atomic mass is 31.2. The summed E-state index contributed by atoms with van der Waals surface area (Å²) in [6.45, 7) is 6.87. The molecule has 1 aromatic carbocycles. The standard InChI is InChI=1S/C24H35N6O6P/c1-4-6-14-35-23(31)18(3)29-37(32,36-19-10-8-7-9-11-19)17-33-15-12-30-16-26-20-21(30)27-24(25)28-22(20)34-13-5-2/h7-11,16,18H,4-6,12-15,17H2,1-3H3,(H,29,32)(H2,25,27,28)/t18-,37?/m0/s1. The van der Waals surface area contributed by atoms with Gasteiger partial charge in [-0.2, -0.15) is 9.97 Å². The number of para-hydroxylation sites is 1. The van der Waals surface area contributed by atoms with Crippen molar-refractivity contribution in [1.82, 2.24) is 24.6 Å². The fourth-order valence-electron chi connectivity index (χ4n) is 3.28. The van der Waals surface area contributed by atoms with Crippen molar-refractivity contribution in [2.45, 2.75) is 52.6 Å². The minimum atomic E-state index is -3.64. The minimum Gasteiger partial charge on any atom is -0.476 e. The molecular formula is C24H35N6O6P. The van der Waals surface area contributed by atoms with Crippen molar-refractivity contribution in [3.63, 3.8) is 0 Å². The van der Waals surface area contributed by atoms with Crippen LogP contribution in [0.3, 0.4) is 0 Å². The molecule has 13 heteroatoms. The number of anilines is 1. The lowest BCUT2D eigenvalue weighted by atomic mass is 10.3. The van der Waals surface area contributed by atoms with Crippen molar-refractivity contribution >= 4 is 30.6 Å². The number of nitrogen functional groups attached to an aromatic ring is 1. The van der Waals surface area contributed by atoms with E-state index in [4.69, 9.17) is 24.5 Å². The Hall–Kier alpha value is -3.21. The summed E-state index contributed by atoms with van der Waals surface area (Å²) in [5.41, 5.74) is 6.85. The van der Waals surface area contributed by atoms with Gasteiger partial charge < -0.3 is 29.0 Å². The molecule has 3 N–H and O–H groups in total. The maximum absolute atomic E-state index is 13.7. The van der Waals surface area contributed by atoms with Gasteiger partial charge in [-0.3, -0.25) is 9.36 Å². The molecule has 0 amide bonds. The molecule has 0 saturated carbocycles. The molecule has 0 bridgehead atoms. The van der Waals surface area contributed by atoms with Gasteiger partial charge in [0.25, 0.3) is 0 Å². The Balaban J connectivity index is 1.64. The molecule has 0 fully saturated rings. The van der Waals surface area contributed by atoms with Gasteiger partial charge in [-0.05, 0) is 31.9 Å². The van der Waals surface area contributed by atoms with Gasteiger partial charge in [0.2, 0.25) is 11.8 Å². The molecule has 3 rings (SSSR count). The van der Waals surface area contributed by atoms with Crippen LogP contribution in [0.4, 0.5) is 5.95 Å². The fourth-order valence-corrected chi connectivity index (χ4v) is 4.98. The van der Waals surface area contributed by atoms with Crippen molar-refractivity contribution in [2.75, 3.05) is 31.9 Å². The Morgan fingerprint density at radius 1 is 1.14 bits per heavy atom. The highest BCUT2D eigenvalue weighted by Crippen LogP contribution is 2.43. The lowest BCUT2D eigenvalue weighted by molar-refractivity contribution is -0.145. The van der Waals surface area contributed by atoms with E-state index < -0.39 is 19.5 Å². The van der Waals surface area contributed by atoms with E-state index in [-0.39, 0.29) is 18.9 Å². The highest BCUT2D eigenvalue weighted by Gasteiger charge is 2.31. The second-order valence-corrected chi connectivity index (χ2v) is 10.4. The number of nitrogens with two attached hydrogens (primary N) is 1. The number of esters is 1. The van der Waals surface area contributed by atoms with Crippen molar-refractivity contribution in [3.8, 4) is 11.6 Å². The van der Waals surface area contributed by atoms with Crippen LogP contribution in [0.1, 0.15) is 40.0 Å². The number of benzene rings is 1. The lowest BCUT2D eigenvalue weighted by Crippen LogP contribution is -2.35. The van der Waals surface area contributed by atoms with Gasteiger partial charge in [0.1, 0.15) is 18.1 Å². The quantitative estimate of drug-likeness (QED) is 0.157. The second kappa shape index (κ2) is 13.9. The first-order valence-electron chi connectivity index (χ1n) is 12.3. The van der Waals surface area contributed by atoms with Crippen LogP contribution in [0, 0.1) is 0 Å². The molecule has 2 aromatic heterocycles. The van der Waals surface area contributed by atoms with Crippen LogP contribution in [0.15, 0.2) is 36.7 Å². The number of hydrogen-bond donors (Lipinski definition) is 2. The van der Waals surface area contributed by atoms with Crippen LogP contribution in [-0.4, -0.2) is 57.7 Å². The molecule has 37 heavy (non-hydrogen) atoms. The van der Waals surface area contributed by atoms with Crippen LogP contribution < -0.4 is 20.1 Å². The van der Waals surface area contributed by atoms with E-state index in [1.807, 2.05) is 19.9 Å². The summed E-state index contributed by atoms with van der Waals surface area (Å²) < 4.78 is 37.8. The van der Waals surface area contributed by atoms with E-state index in [0.717, 1.165) is 19.3 Å². The molecule has 3 aromatic rings. The number of nitrogens with zero attached hydrogens (tertiary/aromatic N) is 4. The SMILES string of the molecule is CCCCOC(=O)[C@H](C)NP(=O)(COCCn1cnc2c(OCCC)nc(N)nc21)Oc1ccccc1. The van der Waals surface area contributed by atoms with Crippen LogP contribution in [0.5, 0.6) is 11.6 Å². The zero-order chi connectivity index (χ0) is 26.7. The number of carbonyl (C=O) groups is 1. The molecule has 0 spiro atoms. The highest BCUT2D eigenvalue weighted by molar-refractivity contribution is 7.57. The number of rotatable bonds is 16. The number of unbranched alkanes of at least 4 members (excludes halogenated alkanes) is 1. The molecule has 0 aliphatic carbocycles. The van der Waals surface area contributed by atoms with Gasteiger partial charge in [-0.25, -0.2) is 10.1 Å². The lowest BCUT2D eigenvalue weighted by Gasteiger charge is -2.23. The van der Waals surface area contributed by atoms with Gasteiger partial charge in [0, 0.05) is 6.54 Å². The average molecular weight is 535 g/mol. The Kier molecular flexibility index (Phi) is 10.7. The van der Waals surface area contributed by atoms with Crippen LogP contribution in [0.25, 0.3) is 11.2 Å². The summed E-state index contributed by atoms with van der Waals surface area (Å²) in [6, 6.07) is 7.85. The van der Waals surface area contributed by atoms with Gasteiger partial charge in [-0.1, -0.05) is 38.5 Å². The predicted molar refractivity (Wildman–Crippen MR) is 139 cm³/mol. The normalized spacial score (nSPS) is 13.7. The number of fused-ring (bicyclic) bond motifs is 1. The first-order valence-corrected chi connectivity index (χ1v) is 14.1. The molecule has 2 heterocycles. The van der Waals surface area contributed by atoms with Crippen molar-refractivity contribution in [1.29, 1.82) is 0 Å². The topological polar surface area (TPSA) is 153 Å². The number of nitrogens with one attached hydrogen (secondary N) is 1. The van der Waals surface area contributed by atoms with Crippen LogP contribution in [-0.2, 0) is 25.4 Å². The summed E-state index contributed by atoms with van der Waals surface area (Å²) in [4.78, 5) is 25.1. The van der Waals surface area contributed by atoms with E-state index in [2.05, 4.69) is 20.0 Å². The molecular weight excluding hydrogens is 499 g/mol. The molecule has 0 saturated heterocycles. The number of carbonyl (C=O) groups excluding carboxylic acids is 1. The van der Waals surface area contributed by atoms with Crippen molar-refractivity contribution in [2.24, 2.45) is 0 Å². The van der Waals surface area contributed by atoms with Crippen LogP contribution >= 0.6 is 7.52 Å². The van der Waals surface area contributed by atoms with Gasteiger partial charge >= 0.3 is 13.5 Å². The molecule has 0 radical (unpaired) electrons. The zero-order valence-corrected chi connectivity index (χ0v) is 22.4. The largest absolute Gasteiger partial charge is 0.476 e. The molecule has 2 atom stereocenters. The van der Waals surface area contributed by atoms with Gasteiger partial charge in [0.05, 0.1) is 26.1 Å². The Labute approximate surface area is 216 Å². The third-order valence-corrected chi connectivity index (χ3v) is 6.92. The Morgan fingerprint density at radius 3 is 2.65 bits per heavy atom. The molecule has 12 nitrogen and oxygen atoms in total. The number of imidazole rings is 1. The summed E-state index contributed by atoms with van der Waals surface area (Å²) >= 11 is 0. The Morgan fingerprint density at radius 2 is 1.92 bits per heavy atom. The first kappa shape index (κ1) is 28.4. The minimum absolute atomic E-state index is 0.0750. The molecule has 202 valence electrons. The maximum Gasteiger partial charge on any atom is 0.342 e. The first-order chi connectivity index (χ1) is 17.8. The van der Waals surface area contributed by atoms with Crippen molar-refractivity contribution in [3.05, 3.63) is 36.7 Å². The number of ether oxygens (including phenoxy) is 3. The van der Waals surface area contributed by atoms with E-state index in [0.29, 0.717) is 42.6 Å². The van der Waals surface area contributed by atoms with Gasteiger partial charge in [-0.15, -0.1) is 0 Å². The third kappa shape index (κ3) is 8.41. The number of hydrogen-bond acceptors (Lipinski definition) is 10. The monoisotopic (exact) mass is 534 g/mol. The van der Waals surface area contributed by atoms with E-state index in [1.54, 1.807) is 42.1 Å². The molecule has 0 aliphatic rings. The van der Waals surface area contributed by atoms with Gasteiger partial charge in [0.15, 0.2) is 11.2 Å². The third-order valence-electron chi connectivity index (χ3n) is 5.11. The molecule has 1 unspecified atom stereocenters. The average Bonchev–Trinajstić information content (AvgIpc) is 3.28. The summed E-state index contributed by atoms with van der Waals surface area (Å²) in [6.07, 6.45) is 3.78. The Bertz CT molecular complexity index is 1190. The predicted octanol–water partition coefficient (Wildman–Crippen LogP) is 3.76. The summed E-state index contributed by atoms with van der Waals surface area (Å²) in [7, 11) is -3.64. The van der Waals surface area contributed by atoms with E-state index >= 15 is 0 Å². The summed E-state index contributed by atoms with van der Waals surface area (Å²) in [5, 5.41) is 2.79. The number of aromatic nitrogens is 4.